The van der Waals surface area contributed by atoms with Gasteiger partial charge >= 0.3 is 0 Å². The van der Waals surface area contributed by atoms with Gasteiger partial charge in [0.05, 0.1) is 17.7 Å². The van der Waals surface area contributed by atoms with E-state index in [1.807, 2.05) is 30.0 Å². The average molecular weight is 355 g/mol. The molecule has 26 heavy (non-hydrogen) atoms. The van der Waals surface area contributed by atoms with Gasteiger partial charge in [-0.05, 0) is 31.9 Å². The Kier molecular flexibility index (Phi) is 4.28. The van der Waals surface area contributed by atoms with Crippen LogP contribution in [0.3, 0.4) is 0 Å². The fourth-order valence-corrected chi connectivity index (χ4v) is 3.28. The first-order chi connectivity index (χ1) is 12.5. The zero-order valence-electron chi connectivity index (χ0n) is 14.5. The van der Waals surface area contributed by atoms with E-state index in [2.05, 4.69) is 5.10 Å². The van der Waals surface area contributed by atoms with Crippen molar-refractivity contribution in [1.29, 1.82) is 0 Å². The van der Waals surface area contributed by atoms with E-state index in [4.69, 9.17) is 0 Å². The normalized spacial score (nSPS) is 14.3. The van der Waals surface area contributed by atoms with E-state index in [-0.39, 0.29) is 12.2 Å². The van der Waals surface area contributed by atoms with Crippen molar-refractivity contribution < 1.29 is 8.78 Å². The first-order valence-electron chi connectivity index (χ1n) is 8.67. The van der Waals surface area contributed by atoms with E-state index in [9.17, 15) is 13.6 Å². The van der Waals surface area contributed by atoms with E-state index in [1.54, 1.807) is 6.07 Å². The van der Waals surface area contributed by atoms with Gasteiger partial charge in [-0.2, -0.15) is 5.10 Å². The summed E-state index contributed by atoms with van der Waals surface area (Å²) >= 11 is 0. The highest BCUT2D eigenvalue weighted by Gasteiger charge is 2.30. The lowest BCUT2D eigenvalue weighted by Gasteiger charge is -2.23. The van der Waals surface area contributed by atoms with Crippen molar-refractivity contribution in [3.05, 3.63) is 75.7 Å². The van der Waals surface area contributed by atoms with Gasteiger partial charge in [0.1, 0.15) is 11.6 Å². The largest absolute Gasteiger partial charge is 0.277 e. The Morgan fingerprint density at radius 1 is 1.15 bits per heavy atom. The van der Waals surface area contributed by atoms with Crippen LogP contribution in [0.2, 0.25) is 0 Å². The molecule has 1 saturated carbocycles. The standard InChI is InChI=1S/C20H19F2N3O/c1-13-17-4-2-3-5-18(17)20(26)25(23-13)12-24(16-8-9-16)11-14-6-7-15(21)10-19(14)22/h2-7,10,16H,8-9,11-12H2,1H3. The maximum Gasteiger partial charge on any atom is 0.275 e. The van der Waals surface area contributed by atoms with E-state index in [1.165, 1.54) is 16.8 Å². The fraction of sp³-hybridized carbons (Fsp3) is 0.300. The number of nitrogens with zero attached hydrogens (tertiary/aromatic N) is 3. The summed E-state index contributed by atoms with van der Waals surface area (Å²) in [5, 5.41) is 5.91. The molecule has 0 bridgehead atoms. The van der Waals surface area contributed by atoms with Crippen molar-refractivity contribution in [2.45, 2.75) is 39.0 Å². The lowest BCUT2D eigenvalue weighted by atomic mass is 10.1. The predicted octanol–water partition coefficient (Wildman–Crippen LogP) is 3.61. The van der Waals surface area contributed by atoms with Gasteiger partial charge in [0.2, 0.25) is 0 Å². The molecule has 1 aromatic heterocycles. The van der Waals surface area contributed by atoms with E-state index in [0.29, 0.717) is 23.5 Å². The third-order valence-corrected chi connectivity index (χ3v) is 4.82. The van der Waals surface area contributed by atoms with Crippen LogP contribution in [0.15, 0.2) is 47.3 Å². The van der Waals surface area contributed by atoms with Crippen molar-refractivity contribution in [3.8, 4) is 0 Å². The van der Waals surface area contributed by atoms with E-state index in [0.717, 1.165) is 30.0 Å². The Hall–Kier alpha value is -2.60. The summed E-state index contributed by atoms with van der Waals surface area (Å²) in [6, 6.07) is 11.3. The quantitative estimate of drug-likeness (QED) is 0.702. The number of aryl methyl sites for hydroxylation is 1. The van der Waals surface area contributed by atoms with Gasteiger partial charge in [0.15, 0.2) is 0 Å². The van der Waals surface area contributed by atoms with Crippen molar-refractivity contribution >= 4 is 10.8 Å². The van der Waals surface area contributed by atoms with Crippen LogP contribution < -0.4 is 5.56 Å². The Morgan fingerprint density at radius 3 is 2.58 bits per heavy atom. The van der Waals surface area contributed by atoms with Gasteiger partial charge in [-0.25, -0.2) is 13.5 Å². The minimum Gasteiger partial charge on any atom is -0.277 e. The van der Waals surface area contributed by atoms with Crippen LogP contribution in [0.1, 0.15) is 24.1 Å². The number of fused-ring (bicyclic) bond motifs is 1. The number of hydrogen-bond donors (Lipinski definition) is 0. The molecular weight excluding hydrogens is 336 g/mol. The molecule has 0 N–H and O–H groups in total. The molecule has 0 saturated heterocycles. The van der Waals surface area contributed by atoms with Crippen molar-refractivity contribution in [1.82, 2.24) is 14.7 Å². The highest BCUT2D eigenvalue weighted by molar-refractivity contribution is 5.83. The molecule has 0 radical (unpaired) electrons. The average Bonchev–Trinajstić information content (AvgIpc) is 3.46. The number of benzene rings is 2. The number of rotatable bonds is 5. The second kappa shape index (κ2) is 6.61. The highest BCUT2D eigenvalue weighted by Crippen LogP contribution is 2.29. The summed E-state index contributed by atoms with van der Waals surface area (Å²) in [6.07, 6.45) is 2.01. The summed E-state index contributed by atoms with van der Waals surface area (Å²) in [7, 11) is 0. The van der Waals surface area contributed by atoms with Crippen LogP contribution in [-0.2, 0) is 13.2 Å². The molecule has 2 aromatic carbocycles. The minimum atomic E-state index is -0.590. The Balaban J connectivity index is 1.66. The van der Waals surface area contributed by atoms with Gasteiger partial charge in [-0.1, -0.05) is 24.3 Å². The van der Waals surface area contributed by atoms with Crippen LogP contribution in [0.4, 0.5) is 8.78 Å². The lowest BCUT2D eigenvalue weighted by molar-refractivity contribution is 0.181. The molecule has 1 heterocycles. The molecule has 3 aromatic rings. The monoisotopic (exact) mass is 355 g/mol. The molecule has 6 heteroatoms. The van der Waals surface area contributed by atoms with Crippen molar-refractivity contribution in [2.75, 3.05) is 0 Å². The van der Waals surface area contributed by atoms with Gasteiger partial charge in [0, 0.05) is 29.6 Å². The molecule has 0 atom stereocenters. The third-order valence-electron chi connectivity index (χ3n) is 4.82. The first-order valence-corrected chi connectivity index (χ1v) is 8.67. The molecule has 134 valence electrons. The topological polar surface area (TPSA) is 38.1 Å². The van der Waals surface area contributed by atoms with Crippen molar-refractivity contribution in [3.63, 3.8) is 0 Å². The summed E-state index contributed by atoms with van der Waals surface area (Å²) in [6.45, 7) is 2.47. The first kappa shape index (κ1) is 16.8. The SMILES string of the molecule is Cc1nn(CN(Cc2ccc(F)cc2F)C2CC2)c(=O)c2ccccc12. The summed E-state index contributed by atoms with van der Waals surface area (Å²) in [5.41, 5.74) is 1.05. The van der Waals surface area contributed by atoms with E-state index < -0.39 is 11.6 Å². The molecule has 0 spiro atoms. The highest BCUT2D eigenvalue weighted by atomic mass is 19.1. The molecule has 1 fully saturated rings. The molecule has 0 aliphatic heterocycles. The summed E-state index contributed by atoms with van der Waals surface area (Å²) < 4.78 is 28.6. The fourth-order valence-electron chi connectivity index (χ4n) is 3.28. The molecule has 0 amide bonds. The number of hydrogen-bond acceptors (Lipinski definition) is 3. The molecular formula is C20H19F2N3O. The van der Waals surface area contributed by atoms with Gasteiger partial charge in [-0.15, -0.1) is 0 Å². The Morgan fingerprint density at radius 2 is 1.88 bits per heavy atom. The van der Waals surface area contributed by atoms with E-state index >= 15 is 0 Å². The van der Waals surface area contributed by atoms with Gasteiger partial charge in [0.25, 0.3) is 5.56 Å². The van der Waals surface area contributed by atoms with Crippen LogP contribution in [0.25, 0.3) is 10.8 Å². The maximum atomic E-state index is 14.0. The zero-order chi connectivity index (χ0) is 18.3. The maximum absolute atomic E-state index is 14.0. The van der Waals surface area contributed by atoms with Gasteiger partial charge in [-0.3, -0.25) is 9.69 Å². The smallest absolute Gasteiger partial charge is 0.275 e. The molecule has 0 unspecified atom stereocenters. The number of halogens is 2. The lowest BCUT2D eigenvalue weighted by Crippen LogP contribution is -2.35. The second-order valence-corrected chi connectivity index (χ2v) is 6.79. The zero-order valence-corrected chi connectivity index (χ0v) is 14.5. The molecule has 1 aliphatic carbocycles. The summed E-state index contributed by atoms with van der Waals surface area (Å²) in [4.78, 5) is 14.8. The molecule has 4 nitrogen and oxygen atoms in total. The van der Waals surface area contributed by atoms with Crippen LogP contribution in [-0.4, -0.2) is 20.7 Å². The van der Waals surface area contributed by atoms with Crippen LogP contribution in [0, 0.1) is 18.6 Å². The minimum absolute atomic E-state index is 0.156. The van der Waals surface area contributed by atoms with Crippen LogP contribution in [0.5, 0.6) is 0 Å². The Labute approximate surface area is 149 Å². The predicted molar refractivity (Wildman–Crippen MR) is 95.7 cm³/mol. The van der Waals surface area contributed by atoms with Crippen LogP contribution >= 0.6 is 0 Å². The molecule has 4 rings (SSSR count). The number of aromatic nitrogens is 2. The third kappa shape index (κ3) is 3.24. The van der Waals surface area contributed by atoms with Crippen molar-refractivity contribution in [2.24, 2.45) is 0 Å². The Bertz CT molecular complexity index is 1030. The van der Waals surface area contributed by atoms with Gasteiger partial charge < -0.3 is 0 Å². The molecule has 1 aliphatic rings. The summed E-state index contributed by atoms with van der Waals surface area (Å²) in [5.74, 6) is -1.15. The second-order valence-electron chi connectivity index (χ2n) is 6.79.